The molecule has 0 N–H and O–H groups in total. The highest BCUT2D eigenvalue weighted by Gasteiger charge is 2.30. The quantitative estimate of drug-likeness (QED) is 0.756. The predicted octanol–water partition coefficient (Wildman–Crippen LogP) is 4.02. The summed E-state index contributed by atoms with van der Waals surface area (Å²) in [6.07, 6.45) is -1.23. The van der Waals surface area contributed by atoms with Gasteiger partial charge in [-0.1, -0.05) is 25.0 Å². The Morgan fingerprint density at radius 1 is 1.23 bits per heavy atom. The summed E-state index contributed by atoms with van der Waals surface area (Å²) in [4.78, 5) is 16.1. The Kier molecular flexibility index (Phi) is 7.32. The Bertz CT molecular complexity index is 575. The van der Waals surface area contributed by atoms with E-state index in [2.05, 4.69) is 0 Å². The Hall–Kier alpha value is -1.76. The van der Waals surface area contributed by atoms with Crippen LogP contribution in [0.2, 0.25) is 0 Å². The van der Waals surface area contributed by atoms with E-state index >= 15 is 0 Å². The van der Waals surface area contributed by atoms with E-state index in [9.17, 15) is 18.0 Å². The van der Waals surface area contributed by atoms with Crippen molar-refractivity contribution in [3.8, 4) is 5.75 Å². The number of nitrogens with zero attached hydrogens (tertiary/aromatic N) is 2. The first-order valence-corrected chi connectivity index (χ1v) is 8.99. The third-order valence-electron chi connectivity index (χ3n) is 4.76. The van der Waals surface area contributed by atoms with Gasteiger partial charge in [-0.05, 0) is 37.6 Å². The number of amides is 1. The molecule has 2 rings (SSSR count). The molecule has 1 aliphatic heterocycles. The van der Waals surface area contributed by atoms with E-state index in [4.69, 9.17) is 4.74 Å². The zero-order valence-electron chi connectivity index (χ0n) is 15.4. The van der Waals surface area contributed by atoms with E-state index in [0.717, 1.165) is 37.0 Å². The molecule has 0 radical (unpaired) electrons. The van der Waals surface area contributed by atoms with Crippen molar-refractivity contribution < 1.29 is 22.7 Å². The molecular weight excluding hydrogens is 345 g/mol. The SMILES string of the molecule is COc1ccc(C2CCCCCN2C(=O)CN(C)CCC(F)(F)F)cc1. The molecule has 1 aromatic rings. The van der Waals surface area contributed by atoms with E-state index in [0.29, 0.717) is 6.54 Å². The van der Waals surface area contributed by atoms with Gasteiger partial charge in [0, 0.05) is 13.1 Å². The number of halogens is 3. The van der Waals surface area contributed by atoms with Gasteiger partial charge in [-0.25, -0.2) is 0 Å². The van der Waals surface area contributed by atoms with Gasteiger partial charge in [-0.2, -0.15) is 13.2 Å². The largest absolute Gasteiger partial charge is 0.497 e. The Morgan fingerprint density at radius 3 is 2.54 bits per heavy atom. The van der Waals surface area contributed by atoms with Gasteiger partial charge >= 0.3 is 6.18 Å². The minimum Gasteiger partial charge on any atom is -0.497 e. The summed E-state index contributed by atoms with van der Waals surface area (Å²) < 4.78 is 42.3. The lowest BCUT2D eigenvalue weighted by Gasteiger charge is -2.32. The molecular formula is C19H27F3N2O2. The van der Waals surface area contributed by atoms with Crippen molar-refractivity contribution in [3.05, 3.63) is 29.8 Å². The summed E-state index contributed by atoms with van der Waals surface area (Å²) in [5, 5.41) is 0. The molecule has 0 bridgehead atoms. The molecule has 1 aromatic carbocycles. The number of rotatable bonds is 6. The van der Waals surface area contributed by atoms with Crippen LogP contribution in [0.25, 0.3) is 0 Å². The van der Waals surface area contributed by atoms with Crippen molar-refractivity contribution >= 4 is 5.91 Å². The second kappa shape index (κ2) is 9.26. The number of alkyl halides is 3. The van der Waals surface area contributed by atoms with Gasteiger partial charge < -0.3 is 9.64 Å². The number of likely N-dealkylation sites (tertiary alicyclic amines) is 1. The monoisotopic (exact) mass is 372 g/mol. The number of methoxy groups -OCH3 is 1. The first kappa shape index (κ1) is 20.6. The summed E-state index contributed by atoms with van der Waals surface area (Å²) in [5.41, 5.74) is 1.04. The molecule has 1 atom stereocenters. The fraction of sp³-hybridized carbons (Fsp3) is 0.632. The summed E-state index contributed by atoms with van der Waals surface area (Å²) in [7, 11) is 3.16. The number of hydrogen-bond donors (Lipinski definition) is 0. The molecule has 1 heterocycles. The summed E-state index contributed by atoms with van der Waals surface area (Å²) in [6.45, 7) is 0.474. The molecule has 0 aromatic heterocycles. The molecule has 7 heteroatoms. The number of benzene rings is 1. The van der Waals surface area contributed by atoms with Crippen LogP contribution in [-0.4, -0.2) is 55.7 Å². The second-order valence-electron chi connectivity index (χ2n) is 6.83. The van der Waals surface area contributed by atoms with Crippen LogP contribution in [0.15, 0.2) is 24.3 Å². The molecule has 146 valence electrons. The lowest BCUT2D eigenvalue weighted by Crippen LogP contribution is -2.41. The Labute approximate surface area is 152 Å². The maximum Gasteiger partial charge on any atom is 0.390 e. The Balaban J connectivity index is 2.05. The fourth-order valence-electron chi connectivity index (χ4n) is 3.30. The highest BCUT2D eigenvalue weighted by Crippen LogP contribution is 2.31. The van der Waals surface area contributed by atoms with E-state index in [1.165, 1.54) is 4.90 Å². The zero-order valence-corrected chi connectivity index (χ0v) is 15.4. The first-order valence-electron chi connectivity index (χ1n) is 8.99. The highest BCUT2D eigenvalue weighted by molar-refractivity contribution is 5.78. The van der Waals surface area contributed by atoms with E-state index in [1.807, 2.05) is 29.2 Å². The summed E-state index contributed by atoms with van der Waals surface area (Å²) >= 11 is 0. The molecule has 1 unspecified atom stereocenters. The Morgan fingerprint density at radius 2 is 1.92 bits per heavy atom. The van der Waals surface area contributed by atoms with E-state index in [1.54, 1.807) is 14.2 Å². The van der Waals surface area contributed by atoms with E-state index < -0.39 is 12.6 Å². The number of ether oxygens (including phenoxy) is 1. The van der Waals surface area contributed by atoms with Gasteiger partial charge in [-0.3, -0.25) is 9.69 Å². The molecule has 4 nitrogen and oxygen atoms in total. The third-order valence-corrected chi connectivity index (χ3v) is 4.76. The zero-order chi connectivity index (χ0) is 19.2. The van der Waals surface area contributed by atoms with Crippen molar-refractivity contribution in [2.45, 2.75) is 44.3 Å². The molecule has 1 amide bonds. The molecule has 1 saturated heterocycles. The smallest absolute Gasteiger partial charge is 0.390 e. The topological polar surface area (TPSA) is 32.8 Å². The van der Waals surface area contributed by atoms with Gasteiger partial charge in [0.2, 0.25) is 5.91 Å². The van der Waals surface area contributed by atoms with Crippen molar-refractivity contribution in [2.75, 3.05) is 33.8 Å². The van der Waals surface area contributed by atoms with Crippen LogP contribution in [-0.2, 0) is 4.79 Å². The number of likely N-dealkylation sites (N-methyl/N-ethyl adjacent to an activating group) is 1. The van der Waals surface area contributed by atoms with E-state index in [-0.39, 0.29) is 25.0 Å². The van der Waals surface area contributed by atoms with Gasteiger partial charge in [0.25, 0.3) is 0 Å². The molecule has 1 aliphatic rings. The van der Waals surface area contributed by atoms with Crippen molar-refractivity contribution in [3.63, 3.8) is 0 Å². The molecule has 0 aliphatic carbocycles. The van der Waals surface area contributed by atoms with Crippen LogP contribution in [0.1, 0.15) is 43.7 Å². The fourth-order valence-corrected chi connectivity index (χ4v) is 3.30. The molecule has 1 fully saturated rings. The van der Waals surface area contributed by atoms with Crippen molar-refractivity contribution in [1.29, 1.82) is 0 Å². The summed E-state index contributed by atoms with van der Waals surface area (Å²) in [6, 6.07) is 7.63. The van der Waals surface area contributed by atoms with Crippen LogP contribution >= 0.6 is 0 Å². The first-order chi connectivity index (χ1) is 12.3. The highest BCUT2D eigenvalue weighted by atomic mass is 19.4. The van der Waals surface area contributed by atoms with Crippen LogP contribution < -0.4 is 4.74 Å². The van der Waals surface area contributed by atoms with Gasteiger partial charge in [0.1, 0.15) is 5.75 Å². The number of carbonyl (C=O) groups is 1. The average Bonchev–Trinajstić information content (AvgIpc) is 2.85. The lowest BCUT2D eigenvalue weighted by atomic mass is 10.0. The van der Waals surface area contributed by atoms with Gasteiger partial charge in [0.05, 0.1) is 26.1 Å². The van der Waals surface area contributed by atoms with Gasteiger partial charge in [0.15, 0.2) is 0 Å². The molecule has 26 heavy (non-hydrogen) atoms. The normalized spacial score (nSPS) is 18.7. The standard InChI is InChI=1S/C19H27F3N2O2/c1-23(13-11-19(20,21)22)14-18(25)24-12-5-3-4-6-17(24)15-7-9-16(26-2)10-8-15/h7-10,17H,3-6,11-14H2,1-2H3. The third kappa shape index (κ3) is 6.20. The minimum absolute atomic E-state index is 0.00271. The number of carbonyl (C=O) groups excluding carboxylic acids is 1. The summed E-state index contributed by atoms with van der Waals surface area (Å²) in [5.74, 6) is 0.643. The maximum atomic E-state index is 12.8. The van der Waals surface area contributed by atoms with Crippen LogP contribution in [0.4, 0.5) is 13.2 Å². The lowest BCUT2D eigenvalue weighted by molar-refractivity contribution is -0.142. The second-order valence-corrected chi connectivity index (χ2v) is 6.83. The van der Waals surface area contributed by atoms with Gasteiger partial charge in [-0.15, -0.1) is 0 Å². The van der Waals surface area contributed by atoms with Crippen LogP contribution in [0, 0.1) is 0 Å². The van der Waals surface area contributed by atoms with Crippen LogP contribution in [0.3, 0.4) is 0 Å². The predicted molar refractivity (Wildman–Crippen MR) is 94.1 cm³/mol. The molecule has 0 spiro atoms. The average molecular weight is 372 g/mol. The maximum absolute atomic E-state index is 12.8. The minimum atomic E-state index is -4.20. The molecule has 0 saturated carbocycles. The van der Waals surface area contributed by atoms with Crippen molar-refractivity contribution in [1.82, 2.24) is 9.80 Å². The van der Waals surface area contributed by atoms with Crippen LogP contribution in [0.5, 0.6) is 5.75 Å². The van der Waals surface area contributed by atoms with Crippen molar-refractivity contribution in [2.24, 2.45) is 0 Å². The number of hydrogen-bond acceptors (Lipinski definition) is 3.